The third kappa shape index (κ3) is 2.41. The molecule has 0 aliphatic carbocycles. The minimum atomic E-state index is -0.949. The molecule has 0 fully saturated rings. The predicted octanol–water partition coefficient (Wildman–Crippen LogP) is 3.34. The first-order chi connectivity index (χ1) is 9.65. The Morgan fingerprint density at radius 2 is 2.10 bits per heavy atom. The second-order valence-corrected chi connectivity index (χ2v) is 5.83. The van der Waals surface area contributed by atoms with Gasteiger partial charge >= 0.3 is 5.97 Å². The van der Waals surface area contributed by atoms with Crippen molar-refractivity contribution in [1.82, 2.24) is 14.6 Å². The maximum atomic E-state index is 10.9. The first-order valence-electron chi connectivity index (χ1n) is 5.65. The zero-order valence-electron chi connectivity index (χ0n) is 10.0. The first kappa shape index (κ1) is 13.1. The maximum absolute atomic E-state index is 10.9. The predicted molar refractivity (Wildman–Crippen MR) is 78.2 cm³/mol. The van der Waals surface area contributed by atoms with Gasteiger partial charge in [0.05, 0.1) is 5.56 Å². The summed E-state index contributed by atoms with van der Waals surface area (Å²) in [6, 6.07) is 10.6. The number of aromatic carboxylic acids is 1. The van der Waals surface area contributed by atoms with Crippen molar-refractivity contribution < 1.29 is 9.90 Å². The van der Waals surface area contributed by atoms with Crippen LogP contribution in [0.15, 0.2) is 57.1 Å². The minimum absolute atomic E-state index is 0.243. The van der Waals surface area contributed by atoms with Gasteiger partial charge in [-0.2, -0.15) is 0 Å². The molecule has 7 heteroatoms. The number of hydrogen-bond donors (Lipinski definition) is 1. The topological polar surface area (TPSA) is 67.5 Å². The fourth-order valence-electron chi connectivity index (χ4n) is 1.70. The van der Waals surface area contributed by atoms with Crippen LogP contribution in [0.5, 0.6) is 0 Å². The summed E-state index contributed by atoms with van der Waals surface area (Å²) in [7, 11) is 0. The molecule has 3 aromatic rings. The number of carbonyl (C=O) groups is 1. The highest BCUT2D eigenvalue weighted by atomic mass is 79.9. The molecule has 20 heavy (non-hydrogen) atoms. The largest absolute Gasteiger partial charge is 0.478 e. The monoisotopic (exact) mass is 349 g/mol. The molecule has 0 aliphatic rings. The Bertz CT molecular complexity index is 803. The minimum Gasteiger partial charge on any atom is -0.478 e. The molecule has 0 saturated heterocycles. The molecule has 0 atom stereocenters. The van der Waals surface area contributed by atoms with Gasteiger partial charge in [0, 0.05) is 15.6 Å². The van der Waals surface area contributed by atoms with E-state index in [1.807, 2.05) is 28.8 Å². The van der Waals surface area contributed by atoms with Gasteiger partial charge in [0.2, 0.25) is 0 Å². The van der Waals surface area contributed by atoms with E-state index in [4.69, 9.17) is 5.11 Å². The van der Waals surface area contributed by atoms with Crippen molar-refractivity contribution in [2.45, 2.75) is 10.1 Å². The second kappa shape index (κ2) is 5.26. The highest BCUT2D eigenvalue weighted by Gasteiger charge is 2.11. The van der Waals surface area contributed by atoms with Crippen LogP contribution in [0, 0.1) is 0 Å². The third-order valence-electron chi connectivity index (χ3n) is 2.66. The first-order valence-corrected chi connectivity index (χ1v) is 7.26. The summed E-state index contributed by atoms with van der Waals surface area (Å²) < 4.78 is 2.59. The highest BCUT2D eigenvalue weighted by molar-refractivity contribution is 9.10. The zero-order valence-corrected chi connectivity index (χ0v) is 12.4. The normalized spacial score (nSPS) is 10.8. The number of carboxylic acids is 1. The van der Waals surface area contributed by atoms with Crippen molar-refractivity contribution in [2.24, 2.45) is 0 Å². The number of halogens is 1. The van der Waals surface area contributed by atoms with E-state index < -0.39 is 5.97 Å². The molecule has 1 aromatic carbocycles. The van der Waals surface area contributed by atoms with E-state index in [0.717, 1.165) is 20.2 Å². The summed E-state index contributed by atoms with van der Waals surface area (Å²) >= 11 is 4.80. The molecule has 1 N–H and O–H groups in total. The van der Waals surface area contributed by atoms with Crippen molar-refractivity contribution in [1.29, 1.82) is 0 Å². The zero-order chi connectivity index (χ0) is 14.1. The van der Waals surface area contributed by atoms with Gasteiger partial charge in [-0.3, -0.25) is 4.40 Å². The summed E-state index contributed by atoms with van der Waals surface area (Å²) in [6.45, 7) is 0. The number of aromatic nitrogens is 3. The number of carboxylic acid groups (broad SMARTS) is 1. The Morgan fingerprint density at radius 1 is 1.25 bits per heavy atom. The molecule has 2 aromatic heterocycles. The van der Waals surface area contributed by atoms with Crippen LogP contribution in [-0.2, 0) is 0 Å². The number of pyridine rings is 1. The van der Waals surface area contributed by atoms with Crippen molar-refractivity contribution in [2.75, 3.05) is 0 Å². The Kier molecular flexibility index (Phi) is 3.45. The lowest BCUT2D eigenvalue weighted by atomic mass is 10.2. The van der Waals surface area contributed by atoms with E-state index in [0.29, 0.717) is 0 Å². The van der Waals surface area contributed by atoms with Gasteiger partial charge in [-0.15, -0.1) is 10.2 Å². The molecule has 0 saturated carbocycles. The Labute approximate surface area is 126 Å². The average Bonchev–Trinajstić information content (AvgIpc) is 2.84. The van der Waals surface area contributed by atoms with Crippen LogP contribution in [0.1, 0.15) is 10.4 Å². The highest BCUT2D eigenvalue weighted by Crippen LogP contribution is 2.33. The van der Waals surface area contributed by atoms with Crippen LogP contribution < -0.4 is 0 Å². The lowest BCUT2D eigenvalue weighted by Gasteiger charge is -2.04. The van der Waals surface area contributed by atoms with E-state index in [9.17, 15) is 4.79 Å². The maximum Gasteiger partial charge on any atom is 0.335 e. The smallest absolute Gasteiger partial charge is 0.335 e. The van der Waals surface area contributed by atoms with E-state index in [1.54, 1.807) is 18.2 Å². The summed E-state index contributed by atoms with van der Waals surface area (Å²) in [4.78, 5) is 11.8. The molecule has 3 rings (SSSR count). The molecule has 0 amide bonds. The van der Waals surface area contributed by atoms with Crippen LogP contribution >= 0.6 is 27.7 Å². The molecular formula is C13H8BrN3O2S. The second-order valence-electron chi connectivity index (χ2n) is 3.96. The number of benzene rings is 1. The quantitative estimate of drug-likeness (QED) is 0.785. The number of hydrogen-bond acceptors (Lipinski definition) is 4. The van der Waals surface area contributed by atoms with Gasteiger partial charge in [-0.05, 0) is 58.0 Å². The molecule has 5 nitrogen and oxygen atoms in total. The van der Waals surface area contributed by atoms with Gasteiger partial charge in [-0.25, -0.2) is 4.79 Å². The molecule has 0 bridgehead atoms. The number of fused-ring (bicyclic) bond motifs is 1. The molecule has 0 radical (unpaired) electrons. The van der Waals surface area contributed by atoms with Crippen LogP contribution in [0.4, 0.5) is 0 Å². The number of rotatable bonds is 3. The summed E-state index contributed by atoms with van der Waals surface area (Å²) in [6.07, 6.45) is 1.89. The van der Waals surface area contributed by atoms with Gasteiger partial charge in [0.25, 0.3) is 0 Å². The van der Waals surface area contributed by atoms with Crippen molar-refractivity contribution >= 4 is 39.3 Å². The lowest BCUT2D eigenvalue weighted by Crippen LogP contribution is -1.96. The van der Waals surface area contributed by atoms with Crippen molar-refractivity contribution in [3.05, 3.63) is 52.6 Å². The molecular weight excluding hydrogens is 342 g/mol. The molecule has 0 spiro atoms. The fraction of sp³-hybridized carbons (Fsp3) is 0. The number of nitrogens with zero attached hydrogens (tertiary/aromatic N) is 3. The van der Waals surface area contributed by atoms with Gasteiger partial charge in [0.15, 0.2) is 10.8 Å². The van der Waals surface area contributed by atoms with Gasteiger partial charge in [0.1, 0.15) is 0 Å². The summed E-state index contributed by atoms with van der Waals surface area (Å²) in [5, 5.41) is 17.9. The Hall–Kier alpha value is -1.86. The average molecular weight is 350 g/mol. The fourth-order valence-corrected chi connectivity index (χ4v) is 3.15. The van der Waals surface area contributed by atoms with E-state index in [2.05, 4.69) is 26.1 Å². The van der Waals surface area contributed by atoms with Crippen LogP contribution in [0.3, 0.4) is 0 Å². The van der Waals surface area contributed by atoms with E-state index in [1.165, 1.54) is 11.8 Å². The molecule has 2 heterocycles. The molecule has 0 aliphatic heterocycles. The SMILES string of the molecule is O=C(O)c1ccc(Sc2nnc3ccccn23)c(Br)c1. The van der Waals surface area contributed by atoms with Crippen molar-refractivity contribution in [3.8, 4) is 0 Å². The Balaban J connectivity index is 1.97. The van der Waals surface area contributed by atoms with Gasteiger partial charge in [-0.1, -0.05) is 6.07 Å². The summed E-state index contributed by atoms with van der Waals surface area (Å²) in [5.41, 5.74) is 1.01. The lowest BCUT2D eigenvalue weighted by molar-refractivity contribution is 0.0696. The third-order valence-corrected chi connectivity index (χ3v) is 4.62. The van der Waals surface area contributed by atoms with Crippen LogP contribution in [-0.4, -0.2) is 25.7 Å². The summed E-state index contributed by atoms with van der Waals surface area (Å²) in [5.74, 6) is -0.949. The van der Waals surface area contributed by atoms with Crippen LogP contribution in [0.25, 0.3) is 5.65 Å². The Morgan fingerprint density at radius 3 is 2.85 bits per heavy atom. The van der Waals surface area contributed by atoms with Crippen LogP contribution in [0.2, 0.25) is 0 Å². The standard InChI is InChI=1S/C13H8BrN3O2S/c14-9-7-8(12(18)19)4-5-10(9)20-13-16-15-11-3-1-2-6-17(11)13/h1-7H,(H,18,19). The molecule has 0 unspecified atom stereocenters. The van der Waals surface area contributed by atoms with Gasteiger partial charge < -0.3 is 5.11 Å². The molecule has 100 valence electrons. The van der Waals surface area contributed by atoms with Crippen molar-refractivity contribution in [3.63, 3.8) is 0 Å². The van der Waals surface area contributed by atoms with E-state index >= 15 is 0 Å². The van der Waals surface area contributed by atoms with E-state index in [-0.39, 0.29) is 5.56 Å².